The van der Waals surface area contributed by atoms with Crippen molar-refractivity contribution < 1.29 is 22.0 Å². The van der Waals surface area contributed by atoms with Gasteiger partial charge in [-0.15, -0.1) is 20.4 Å². The zero-order chi connectivity index (χ0) is 21.4. The van der Waals surface area contributed by atoms with Crippen molar-refractivity contribution in [1.82, 2.24) is 29.9 Å². The predicted octanol–water partition coefficient (Wildman–Crippen LogP) is 3.88. The van der Waals surface area contributed by atoms with Crippen molar-refractivity contribution in [3.8, 4) is 22.8 Å². The highest BCUT2D eigenvalue weighted by Gasteiger charge is 2.22. The summed E-state index contributed by atoms with van der Waals surface area (Å²) >= 11 is 0.708. The molecule has 0 unspecified atom stereocenters. The number of hydrogen-bond donors (Lipinski definition) is 1. The molecule has 0 amide bonds. The second-order valence-electron chi connectivity index (χ2n) is 5.95. The first kappa shape index (κ1) is 19.8. The molecule has 0 aliphatic heterocycles. The number of nitrogen functional groups attached to an aromatic ring is 1. The minimum atomic E-state index is -2.99. The molecule has 0 atom stereocenters. The van der Waals surface area contributed by atoms with E-state index in [1.165, 1.54) is 10.8 Å². The molecular formula is C17H11F4N7OS. The standard InChI is InChI=1S/C17H11F4N7OS/c1-28-14(7-2-3-11(22)23-6-7)24-27-17(28)30-12-9(18)4-8(5-10(12)19)15-25-26-16(29-15)13(20)21/h2-6,13H,1H3,(H2,22,23). The average molecular weight is 437 g/mol. The fourth-order valence-electron chi connectivity index (χ4n) is 2.50. The van der Waals surface area contributed by atoms with E-state index < -0.39 is 29.8 Å². The van der Waals surface area contributed by atoms with Crippen molar-refractivity contribution >= 4 is 17.6 Å². The van der Waals surface area contributed by atoms with E-state index in [0.29, 0.717) is 29.0 Å². The van der Waals surface area contributed by atoms with Crippen molar-refractivity contribution in [1.29, 1.82) is 0 Å². The van der Waals surface area contributed by atoms with Gasteiger partial charge in [0.1, 0.15) is 17.5 Å². The molecule has 0 spiro atoms. The Balaban J connectivity index is 1.63. The topological polar surface area (TPSA) is 109 Å². The van der Waals surface area contributed by atoms with Gasteiger partial charge in [0.2, 0.25) is 5.89 Å². The monoisotopic (exact) mass is 437 g/mol. The van der Waals surface area contributed by atoms with Crippen LogP contribution in [-0.4, -0.2) is 29.9 Å². The van der Waals surface area contributed by atoms with Crippen LogP contribution in [0.4, 0.5) is 23.4 Å². The maximum atomic E-state index is 14.6. The number of nitrogens with zero attached hydrogens (tertiary/aromatic N) is 6. The molecule has 1 aromatic carbocycles. The van der Waals surface area contributed by atoms with Gasteiger partial charge in [0.15, 0.2) is 11.0 Å². The smallest absolute Gasteiger partial charge is 0.314 e. The number of pyridine rings is 1. The lowest BCUT2D eigenvalue weighted by Crippen LogP contribution is -1.97. The van der Waals surface area contributed by atoms with Crippen LogP contribution in [0.5, 0.6) is 0 Å². The van der Waals surface area contributed by atoms with Crippen LogP contribution in [-0.2, 0) is 7.05 Å². The molecule has 8 nitrogen and oxygen atoms in total. The SMILES string of the molecule is Cn1c(Sc2c(F)cc(-c3nnc(C(F)F)o3)cc2F)nnc1-c1ccc(N)nc1. The molecule has 154 valence electrons. The summed E-state index contributed by atoms with van der Waals surface area (Å²) in [6.45, 7) is 0. The van der Waals surface area contributed by atoms with Gasteiger partial charge in [0.25, 0.3) is 5.89 Å². The molecule has 0 aliphatic carbocycles. The Morgan fingerprint density at radius 2 is 1.77 bits per heavy atom. The third-order valence-electron chi connectivity index (χ3n) is 3.95. The molecule has 13 heteroatoms. The van der Waals surface area contributed by atoms with E-state index in [0.717, 1.165) is 12.1 Å². The summed E-state index contributed by atoms with van der Waals surface area (Å²) in [6.07, 6.45) is -1.49. The number of hydrogen-bond acceptors (Lipinski definition) is 8. The van der Waals surface area contributed by atoms with Crippen molar-refractivity contribution in [2.24, 2.45) is 7.05 Å². The van der Waals surface area contributed by atoms with Crippen LogP contribution in [0.3, 0.4) is 0 Å². The first-order valence-corrected chi connectivity index (χ1v) is 9.05. The largest absolute Gasteiger partial charge is 0.415 e. The van der Waals surface area contributed by atoms with E-state index in [1.807, 2.05) is 0 Å². The number of halogens is 4. The minimum absolute atomic E-state index is 0.166. The van der Waals surface area contributed by atoms with E-state index in [-0.39, 0.29) is 15.6 Å². The number of nitrogens with two attached hydrogens (primary N) is 1. The predicted molar refractivity (Wildman–Crippen MR) is 97.4 cm³/mol. The number of benzene rings is 1. The molecule has 0 saturated heterocycles. The molecule has 0 aliphatic rings. The van der Waals surface area contributed by atoms with Gasteiger partial charge in [0, 0.05) is 24.4 Å². The Labute approximate surface area is 170 Å². The summed E-state index contributed by atoms with van der Waals surface area (Å²) in [5.74, 6) is -2.50. The first-order valence-electron chi connectivity index (χ1n) is 8.23. The molecule has 0 radical (unpaired) electrons. The van der Waals surface area contributed by atoms with Gasteiger partial charge in [-0.25, -0.2) is 13.8 Å². The Morgan fingerprint density at radius 1 is 1.03 bits per heavy atom. The van der Waals surface area contributed by atoms with Crippen LogP contribution in [0, 0.1) is 11.6 Å². The van der Waals surface area contributed by atoms with Gasteiger partial charge in [-0.1, -0.05) is 0 Å². The van der Waals surface area contributed by atoms with Crippen molar-refractivity contribution in [3.05, 3.63) is 48.0 Å². The Kier molecular flexibility index (Phi) is 5.11. The molecular weight excluding hydrogens is 426 g/mol. The molecule has 3 aromatic heterocycles. The Bertz CT molecular complexity index is 1190. The Hall–Kier alpha value is -3.48. The highest BCUT2D eigenvalue weighted by atomic mass is 32.2. The number of aromatic nitrogens is 6. The van der Waals surface area contributed by atoms with Gasteiger partial charge in [-0.05, 0) is 36.0 Å². The van der Waals surface area contributed by atoms with Crippen molar-refractivity contribution in [2.45, 2.75) is 16.5 Å². The van der Waals surface area contributed by atoms with Gasteiger partial charge in [-0.2, -0.15) is 8.78 Å². The second-order valence-corrected chi connectivity index (χ2v) is 6.93. The molecule has 3 heterocycles. The third-order valence-corrected chi connectivity index (χ3v) is 5.08. The summed E-state index contributed by atoms with van der Waals surface area (Å²) in [4.78, 5) is 3.62. The second kappa shape index (κ2) is 7.74. The van der Waals surface area contributed by atoms with Crippen LogP contribution >= 0.6 is 11.8 Å². The van der Waals surface area contributed by atoms with Crippen LogP contribution < -0.4 is 5.73 Å². The highest BCUT2D eigenvalue weighted by molar-refractivity contribution is 7.99. The van der Waals surface area contributed by atoms with E-state index in [1.54, 1.807) is 19.2 Å². The average Bonchev–Trinajstić information content (AvgIpc) is 3.33. The van der Waals surface area contributed by atoms with Crippen LogP contribution in [0.15, 0.2) is 44.9 Å². The molecule has 4 rings (SSSR count). The van der Waals surface area contributed by atoms with E-state index in [9.17, 15) is 17.6 Å². The van der Waals surface area contributed by atoms with E-state index in [2.05, 4.69) is 25.4 Å². The van der Waals surface area contributed by atoms with Crippen LogP contribution in [0.2, 0.25) is 0 Å². The maximum Gasteiger partial charge on any atom is 0.314 e. The van der Waals surface area contributed by atoms with Crippen LogP contribution in [0.1, 0.15) is 12.3 Å². The number of alkyl halides is 2. The highest BCUT2D eigenvalue weighted by Crippen LogP contribution is 2.35. The lowest BCUT2D eigenvalue weighted by Gasteiger charge is -2.07. The van der Waals surface area contributed by atoms with Gasteiger partial charge in [-0.3, -0.25) is 0 Å². The zero-order valence-corrected chi connectivity index (χ0v) is 15.9. The summed E-state index contributed by atoms with van der Waals surface area (Å²) in [5.41, 5.74) is 6.01. The molecule has 4 aromatic rings. The lowest BCUT2D eigenvalue weighted by atomic mass is 10.2. The number of rotatable bonds is 5. The summed E-state index contributed by atoms with van der Waals surface area (Å²) in [5, 5.41) is 14.7. The molecule has 30 heavy (non-hydrogen) atoms. The minimum Gasteiger partial charge on any atom is -0.415 e. The van der Waals surface area contributed by atoms with E-state index in [4.69, 9.17) is 10.2 Å². The van der Waals surface area contributed by atoms with Crippen molar-refractivity contribution in [2.75, 3.05) is 5.73 Å². The van der Waals surface area contributed by atoms with Gasteiger partial charge >= 0.3 is 6.43 Å². The van der Waals surface area contributed by atoms with Crippen molar-refractivity contribution in [3.63, 3.8) is 0 Å². The van der Waals surface area contributed by atoms with Gasteiger partial charge < -0.3 is 14.7 Å². The number of anilines is 1. The maximum absolute atomic E-state index is 14.6. The fourth-order valence-corrected chi connectivity index (χ4v) is 3.30. The van der Waals surface area contributed by atoms with E-state index >= 15 is 0 Å². The quantitative estimate of drug-likeness (QED) is 0.469. The van der Waals surface area contributed by atoms with Crippen LogP contribution in [0.25, 0.3) is 22.8 Å². The third kappa shape index (κ3) is 3.70. The summed E-state index contributed by atoms with van der Waals surface area (Å²) in [6, 6.07) is 5.10. The fraction of sp³-hybridized carbons (Fsp3) is 0.118. The molecule has 0 fully saturated rings. The normalized spacial score (nSPS) is 11.4. The molecule has 0 saturated carbocycles. The lowest BCUT2D eigenvalue weighted by molar-refractivity contribution is 0.116. The molecule has 2 N–H and O–H groups in total. The Morgan fingerprint density at radius 3 is 2.37 bits per heavy atom. The first-order chi connectivity index (χ1) is 14.3. The molecule has 0 bridgehead atoms. The zero-order valence-electron chi connectivity index (χ0n) is 15.1. The summed E-state index contributed by atoms with van der Waals surface area (Å²) in [7, 11) is 1.63. The van der Waals surface area contributed by atoms with Gasteiger partial charge in [0.05, 0.1) is 4.90 Å². The summed E-state index contributed by atoms with van der Waals surface area (Å²) < 4.78 is 60.6.